The van der Waals surface area contributed by atoms with E-state index in [2.05, 4.69) is 9.97 Å². The lowest BCUT2D eigenvalue weighted by Gasteiger charge is -2.12. The largest absolute Gasteiger partial charge is 0.291 e. The summed E-state index contributed by atoms with van der Waals surface area (Å²) >= 11 is 1.39. The third-order valence-electron chi connectivity index (χ3n) is 4.51. The first-order chi connectivity index (χ1) is 14.5. The molecule has 0 bridgehead atoms. The minimum Gasteiger partial charge on any atom is -0.291 e. The van der Waals surface area contributed by atoms with E-state index in [4.69, 9.17) is 0 Å². The zero-order chi connectivity index (χ0) is 21.1. The number of rotatable bonds is 6. The van der Waals surface area contributed by atoms with E-state index in [0.29, 0.717) is 29.2 Å². The fourth-order valence-corrected chi connectivity index (χ4v) is 5.24. The number of hydrogen-bond acceptors (Lipinski definition) is 6. The van der Waals surface area contributed by atoms with Crippen molar-refractivity contribution in [2.75, 3.05) is 0 Å². The number of nitrogens with zero attached hydrogens (tertiary/aromatic N) is 3. The first-order valence-corrected chi connectivity index (χ1v) is 11.7. The van der Waals surface area contributed by atoms with Crippen LogP contribution in [0.1, 0.15) is 13.3 Å². The monoisotopic (exact) mass is 437 g/mol. The molecule has 4 aromatic rings. The molecule has 30 heavy (non-hydrogen) atoms. The topological polar surface area (TPSA) is 81.9 Å². The Morgan fingerprint density at radius 3 is 2.33 bits per heavy atom. The van der Waals surface area contributed by atoms with Gasteiger partial charge in [0.15, 0.2) is 5.16 Å². The molecule has 2 aromatic heterocycles. The van der Waals surface area contributed by atoms with Gasteiger partial charge in [-0.25, -0.2) is 18.4 Å². The van der Waals surface area contributed by atoms with Crippen LogP contribution in [-0.4, -0.2) is 23.0 Å². The summed E-state index contributed by atoms with van der Waals surface area (Å²) in [4.78, 5) is 22.9. The van der Waals surface area contributed by atoms with Gasteiger partial charge in [0.25, 0.3) is 5.56 Å². The number of sulfone groups is 1. The lowest BCUT2D eigenvalue weighted by molar-refractivity contribution is 0.590. The highest BCUT2D eigenvalue weighted by Crippen LogP contribution is 2.26. The van der Waals surface area contributed by atoms with Crippen molar-refractivity contribution >= 4 is 32.6 Å². The normalized spacial score (nSPS) is 11.6. The van der Waals surface area contributed by atoms with E-state index in [0.717, 1.165) is 4.90 Å². The van der Waals surface area contributed by atoms with Crippen molar-refractivity contribution in [3.8, 4) is 0 Å². The fourth-order valence-electron chi connectivity index (χ4n) is 3.11. The second kappa shape index (κ2) is 8.41. The van der Waals surface area contributed by atoms with Crippen LogP contribution >= 0.6 is 11.8 Å². The van der Waals surface area contributed by atoms with Crippen molar-refractivity contribution in [1.82, 2.24) is 14.5 Å². The summed E-state index contributed by atoms with van der Waals surface area (Å²) in [7, 11) is -3.95. The molecule has 0 unspecified atom stereocenters. The third-order valence-corrected chi connectivity index (χ3v) is 7.17. The summed E-state index contributed by atoms with van der Waals surface area (Å²) in [5, 5.41) is 1.01. The lowest BCUT2D eigenvalue weighted by Crippen LogP contribution is -2.27. The van der Waals surface area contributed by atoms with Gasteiger partial charge in [-0.1, -0.05) is 43.3 Å². The molecule has 4 rings (SSSR count). The molecule has 152 valence electrons. The van der Waals surface area contributed by atoms with Gasteiger partial charge in [0.05, 0.1) is 4.90 Å². The van der Waals surface area contributed by atoms with E-state index in [1.165, 1.54) is 34.5 Å². The molecule has 0 amide bonds. The predicted octanol–water partition coefficient (Wildman–Crippen LogP) is 4.19. The van der Waals surface area contributed by atoms with Gasteiger partial charge in [0.2, 0.25) is 9.84 Å². The second-order valence-electron chi connectivity index (χ2n) is 6.63. The molecule has 0 saturated carbocycles. The Morgan fingerprint density at radius 1 is 1.00 bits per heavy atom. The SMILES string of the molecule is CCCn1c(=O)c(S(=O)(=O)c2ccccc2)cc2cnc(Sc3ccccc3)nc21. The maximum Gasteiger partial charge on any atom is 0.271 e. The molecule has 0 spiro atoms. The molecular weight excluding hydrogens is 418 g/mol. The quantitative estimate of drug-likeness (QED) is 0.421. The highest BCUT2D eigenvalue weighted by atomic mass is 32.2. The smallest absolute Gasteiger partial charge is 0.271 e. The maximum atomic E-state index is 13.2. The zero-order valence-corrected chi connectivity index (χ0v) is 17.9. The Labute approximate surface area is 178 Å². The van der Waals surface area contributed by atoms with Gasteiger partial charge < -0.3 is 0 Å². The molecule has 0 aliphatic carbocycles. The van der Waals surface area contributed by atoms with Crippen molar-refractivity contribution in [3.05, 3.63) is 83.3 Å². The molecule has 0 fully saturated rings. The van der Waals surface area contributed by atoms with Crippen LogP contribution in [0.25, 0.3) is 11.0 Å². The van der Waals surface area contributed by atoms with Crippen LogP contribution < -0.4 is 5.56 Å². The summed E-state index contributed by atoms with van der Waals surface area (Å²) in [5.74, 6) is 0. The van der Waals surface area contributed by atoms with E-state index in [-0.39, 0.29) is 9.79 Å². The summed E-state index contributed by atoms with van der Waals surface area (Å²) in [5.41, 5.74) is -0.134. The molecule has 6 nitrogen and oxygen atoms in total. The van der Waals surface area contributed by atoms with E-state index >= 15 is 0 Å². The third kappa shape index (κ3) is 3.88. The van der Waals surface area contributed by atoms with Gasteiger partial charge in [0.1, 0.15) is 10.5 Å². The van der Waals surface area contributed by atoms with Gasteiger partial charge in [-0.3, -0.25) is 9.36 Å². The Hall–Kier alpha value is -2.97. The van der Waals surface area contributed by atoms with Gasteiger partial charge in [-0.2, -0.15) is 0 Å². The molecule has 8 heteroatoms. The summed E-state index contributed by atoms with van der Waals surface area (Å²) in [6.07, 6.45) is 2.23. The number of hydrogen-bond donors (Lipinski definition) is 0. The van der Waals surface area contributed by atoms with Crippen LogP contribution in [0.15, 0.2) is 97.6 Å². The zero-order valence-electron chi connectivity index (χ0n) is 16.2. The van der Waals surface area contributed by atoms with Crippen molar-refractivity contribution in [2.24, 2.45) is 0 Å². The summed E-state index contributed by atoms with van der Waals surface area (Å²) in [6.45, 7) is 2.29. The molecule has 0 atom stereocenters. The molecule has 0 aliphatic heterocycles. The first kappa shape index (κ1) is 20.3. The van der Waals surface area contributed by atoms with Crippen molar-refractivity contribution in [1.29, 1.82) is 0 Å². The number of aromatic nitrogens is 3. The summed E-state index contributed by atoms with van der Waals surface area (Å²) in [6, 6.07) is 19.0. The molecule has 0 saturated heterocycles. The van der Waals surface area contributed by atoms with Crippen molar-refractivity contribution in [2.45, 2.75) is 39.7 Å². The van der Waals surface area contributed by atoms with Gasteiger partial charge in [-0.05, 0) is 48.5 Å². The minimum absolute atomic E-state index is 0.0849. The van der Waals surface area contributed by atoms with Crippen LogP contribution in [-0.2, 0) is 16.4 Å². The Kier molecular flexibility index (Phi) is 5.69. The summed E-state index contributed by atoms with van der Waals surface area (Å²) < 4.78 is 27.6. The first-order valence-electron chi connectivity index (χ1n) is 9.44. The predicted molar refractivity (Wildman–Crippen MR) is 117 cm³/mol. The Balaban J connectivity index is 1.88. The van der Waals surface area contributed by atoms with Crippen LogP contribution in [0.5, 0.6) is 0 Å². The molecule has 2 aromatic carbocycles. The highest BCUT2D eigenvalue weighted by molar-refractivity contribution is 7.99. The molecule has 0 N–H and O–H groups in total. The molecular formula is C22H19N3O3S2. The second-order valence-corrected chi connectivity index (χ2v) is 9.59. The average Bonchev–Trinajstić information content (AvgIpc) is 2.77. The number of aryl methyl sites for hydroxylation is 1. The molecule has 2 heterocycles. The molecule has 0 radical (unpaired) electrons. The van der Waals surface area contributed by atoms with E-state index in [1.807, 2.05) is 37.3 Å². The van der Waals surface area contributed by atoms with E-state index in [9.17, 15) is 13.2 Å². The average molecular weight is 438 g/mol. The highest BCUT2D eigenvalue weighted by Gasteiger charge is 2.24. The van der Waals surface area contributed by atoms with Crippen molar-refractivity contribution in [3.63, 3.8) is 0 Å². The fraction of sp³-hybridized carbons (Fsp3) is 0.136. The van der Waals surface area contributed by atoms with Crippen LogP contribution in [0, 0.1) is 0 Å². The molecule has 0 aliphatic rings. The standard InChI is InChI=1S/C22H19N3O3S2/c1-2-13-25-20-16(15-23-22(24-20)29-17-9-5-3-6-10-17)14-19(21(25)26)30(27,28)18-11-7-4-8-12-18/h3-12,14-15H,2,13H2,1H3. The number of benzene rings is 2. The maximum absolute atomic E-state index is 13.2. The van der Waals surface area contributed by atoms with E-state index < -0.39 is 15.4 Å². The minimum atomic E-state index is -3.95. The number of fused-ring (bicyclic) bond motifs is 1. The lowest BCUT2D eigenvalue weighted by atomic mass is 10.3. The van der Waals surface area contributed by atoms with Crippen LogP contribution in [0.2, 0.25) is 0 Å². The van der Waals surface area contributed by atoms with Gasteiger partial charge in [-0.15, -0.1) is 0 Å². The van der Waals surface area contributed by atoms with E-state index in [1.54, 1.807) is 24.4 Å². The Morgan fingerprint density at radius 2 is 1.67 bits per heavy atom. The van der Waals surface area contributed by atoms with Gasteiger partial charge >= 0.3 is 0 Å². The van der Waals surface area contributed by atoms with Crippen LogP contribution in [0.3, 0.4) is 0 Å². The Bertz CT molecular complexity index is 1350. The van der Waals surface area contributed by atoms with Crippen molar-refractivity contribution < 1.29 is 8.42 Å². The number of pyridine rings is 1. The van der Waals surface area contributed by atoms with Crippen LogP contribution in [0.4, 0.5) is 0 Å². The van der Waals surface area contributed by atoms with Gasteiger partial charge in [0, 0.05) is 23.0 Å².